The number of hydrogen-bond acceptors (Lipinski definition) is 4. The molecule has 0 atom stereocenters. The highest BCUT2D eigenvalue weighted by Crippen LogP contribution is 2.31. The minimum absolute atomic E-state index is 0.706. The van der Waals surface area contributed by atoms with Gasteiger partial charge in [-0.05, 0) is 36.8 Å². The van der Waals surface area contributed by atoms with E-state index in [2.05, 4.69) is 9.88 Å². The van der Waals surface area contributed by atoms with Crippen LogP contribution in [0.3, 0.4) is 0 Å². The zero-order valence-corrected chi connectivity index (χ0v) is 11.8. The topological polar surface area (TPSA) is 52.1 Å². The SMILES string of the molecule is N=Cc1c2c(c(N3CCOCC3)[nH]c1=S)CCCC2. The number of nitrogens with one attached hydrogen (secondary N) is 2. The van der Waals surface area contributed by atoms with Gasteiger partial charge in [-0.25, -0.2) is 0 Å². The number of rotatable bonds is 2. The molecule has 0 saturated carbocycles. The fourth-order valence-corrected chi connectivity index (χ4v) is 3.34. The first-order valence-electron chi connectivity index (χ1n) is 6.92. The van der Waals surface area contributed by atoms with Crippen LogP contribution in [-0.2, 0) is 17.6 Å². The van der Waals surface area contributed by atoms with Crippen LogP contribution < -0.4 is 4.90 Å². The smallest absolute Gasteiger partial charge is 0.113 e. The Morgan fingerprint density at radius 3 is 2.53 bits per heavy atom. The summed E-state index contributed by atoms with van der Waals surface area (Å²) in [6, 6.07) is 0. The third-order valence-corrected chi connectivity index (χ3v) is 4.35. The van der Waals surface area contributed by atoms with Crippen molar-refractivity contribution in [3.8, 4) is 0 Å². The van der Waals surface area contributed by atoms with Gasteiger partial charge >= 0.3 is 0 Å². The van der Waals surface area contributed by atoms with Crippen LogP contribution in [0.25, 0.3) is 0 Å². The molecule has 1 fully saturated rings. The average molecular weight is 277 g/mol. The summed E-state index contributed by atoms with van der Waals surface area (Å²) in [6.45, 7) is 3.40. The van der Waals surface area contributed by atoms with Gasteiger partial charge in [-0.3, -0.25) is 0 Å². The van der Waals surface area contributed by atoms with E-state index < -0.39 is 0 Å². The second-order valence-corrected chi connectivity index (χ2v) is 5.53. The number of fused-ring (bicyclic) bond motifs is 1. The summed E-state index contributed by atoms with van der Waals surface area (Å²) in [6.07, 6.45) is 5.98. The molecular formula is C14H19N3OS. The largest absolute Gasteiger partial charge is 0.378 e. The zero-order valence-electron chi connectivity index (χ0n) is 11.0. The highest BCUT2D eigenvalue weighted by Gasteiger charge is 2.22. The summed E-state index contributed by atoms with van der Waals surface area (Å²) in [7, 11) is 0. The van der Waals surface area contributed by atoms with E-state index in [1.54, 1.807) is 0 Å². The molecule has 2 N–H and O–H groups in total. The van der Waals surface area contributed by atoms with Gasteiger partial charge in [0.15, 0.2) is 0 Å². The van der Waals surface area contributed by atoms with Crippen LogP contribution in [0.15, 0.2) is 0 Å². The van der Waals surface area contributed by atoms with Crippen LogP contribution in [0.2, 0.25) is 0 Å². The van der Waals surface area contributed by atoms with Gasteiger partial charge in [0.2, 0.25) is 0 Å². The maximum absolute atomic E-state index is 7.59. The molecule has 1 aromatic rings. The van der Waals surface area contributed by atoms with E-state index in [1.165, 1.54) is 36.0 Å². The predicted octanol–water partition coefficient (Wildman–Crippen LogP) is 2.46. The first-order valence-corrected chi connectivity index (χ1v) is 7.33. The van der Waals surface area contributed by atoms with Crippen LogP contribution in [0.5, 0.6) is 0 Å². The van der Waals surface area contributed by atoms with E-state index in [-0.39, 0.29) is 0 Å². The Balaban J connectivity index is 2.11. The van der Waals surface area contributed by atoms with Crippen molar-refractivity contribution >= 4 is 24.3 Å². The minimum Gasteiger partial charge on any atom is -0.378 e. The fourth-order valence-electron chi connectivity index (χ4n) is 3.06. The minimum atomic E-state index is 0.706. The van der Waals surface area contributed by atoms with Crippen LogP contribution in [-0.4, -0.2) is 37.5 Å². The zero-order chi connectivity index (χ0) is 13.2. The van der Waals surface area contributed by atoms with Crippen LogP contribution >= 0.6 is 12.2 Å². The third-order valence-electron chi connectivity index (χ3n) is 4.03. The molecule has 0 unspecified atom stereocenters. The van der Waals surface area contributed by atoms with E-state index in [4.69, 9.17) is 22.4 Å². The Morgan fingerprint density at radius 2 is 1.84 bits per heavy atom. The third kappa shape index (κ3) is 2.32. The van der Waals surface area contributed by atoms with Gasteiger partial charge in [0.25, 0.3) is 0 Å². The average Bonchev–Trinajstić information content (AvgIpc) is 2.47. The molecule has 2 heterocycles. The first kappa shape index (κ1) is 12.8. The van der Waals surface area contributed by atoms with Crippen molar-refractivity contribution in [2.75, 3.05) is 31.2 Å². The molecule has 1 saturated heterocycles. The Labute approximate surface area is 118 Å². The van der Waals surface area contributed by atoms with Gasteiger partial charge in [-0.2, -0.15) is 0 Å². The number of ether oxygens (including phenoxy) is 1. The van der Waals surface area contributed by atoms with Gasteiger partial charge in [0, 0.05) is 24.9 Å². The van der Waals surface area contributed by atoms with Gasteiger partial charge in [-0.1, -0.05) is 12.2 Å². The van der Waals surface area contributed by atoms with Gasteiger partial charge in [-0.15, -0.1) is 0 Å². The van der Waals surface area contributed by atoms with Crippen molar-refractivity contribution in [2.45, 2.75) is 25.7 Å². The quantitative estimate of drug-likeness (QED) is 0.645. The summed E-state index contributed by atoms with van der Waals surface area (Å²) in [4.78, 5) is 5.70. The molecule has 0 bridgehead atoms. The molecule has 102 valence electrons. The van der Waals surface area contributed by atoms with Crippen molar-refractivity contribution in [1.82, 2.24) is 4.98 Å². The van der Waals surface area contributed by atoms with E-state index >= 15 is 0 Å². The number of morpholine rings is 1. The number of aromatic nitrogens is 1. The van der Waals surface area contributed by atoms with E-state index in [9.17, 15) is 0 Å². The van der Waals surface area contributed by atoms with Crippen molar-refractivity contribution in [3.05, 3.63) is 21.3 Å². The highest BCUT2D eigenvalue weighted by atomic mass is 32.1. The summed E-state index contributed by atoms with van der Waals surface area (Å²) in [5.74, 6) is 1.17. The number of hydrogen-bond donors (Lipinski definition) is 2. The lowest BCUT2D eigenvalue weighted by atomic mass is 9.89. The Hall–Kier alpha value is -1.20. The monoisotopic (exact) mass is 277 g/mol. The molecule has 1 aliphatic heterocycles. The molecule has 1 aliphatic carbocycles. The van der Waals surface area contributed by atoms with E-state index in [0.29, 0.717) is 4.64 Å². The van der Waals surface area contributed by atoms with Crippen molar-refractivity contribution in [2.24, 2.45) is 0 Å². The lowest BCUT2D eigenvalue weighted by molar-refractivity contribution is 0.122. The molecule has 19 heavy (non-hydrogen) atoms. The normalized spacial score (nSPS) is 19.1. The number of H-pyrrole nitrogens is 1. The lowest BCUT2D eigenvalue weighted by Crippen LogP contribution is -2.38. The second-order valence-electron chi connectivity index (χ2n) is 5.12. The molecule has 0 aromatic carbocycles. The number of aromatic amines is 1. The number of pyridine rings is 1. The summed E-state index contributed by atoms with van der Waals surface area (Å²) in [5.41, 5.74) is 3.59. The molecule has 0 radical (unpaired) electrons. The number of anilines is 1. The first-order chi connectivity index (χ1) is 9.31. The Kier molecular flexibility index (Phi) is 3.66. The maximum atomic E-state index is 7.59. The molecule has 4 nitrogen and oxygen atoms in total. The number of nitrogens with zero attached hydrogens (tertiary/aromatic N) is 1. The predicted molar refractivity (Wildman–Crippen MR) is 79.2 cm³/mol. The van der Waals surface area contributed by atoms with Crippen molar-refractivity contribution in [1.29, 1.82) is 5.41 Å². The van der Waals surface area contributed by atoms with E-state index in [1.807, 2.05) is 0 Å². The summed E-state index contributed by atoms with van der Waals surface area (Å²) in [5, 5.41) is 7.59. The van der Waals surface area contributed by atoms with Gasteiger partial charge < -0.3 is 20.0 Å². The second kappa shape index (κ2) is 5.43. The molecule has 2 aliphatic rings. The van der Waals surface area contributed by atoms with E-state index in [0.717, 1.165) is 44.7 Å². The molecule has 0 spiro atoms. The molecule has 0 amide bonds. The molecule has 5 heteroatoms. The maximum Gasteiger partial charge on any atom is 0.113 e. The van der Waals surface area contributed by atoms with Gasteiger partial charge in [0.05, 0.1) is 13.2 Å². The van der Waals surface area contributed by atoms with Crippen LogP contribution in [0.4, 0.5) is 5.82 Å². The fraction of sp³-hybridized carbons (Fsp3) is 0.571. The van der Waals surface area contributed by atoms with Gasteiger partial charge in [0.1, 0.15) is 10.5 Å². The highest BCUT2D eigenvalue weighted by molar-refractivity contribution is 7.71. The lowest BCUT2D eigenvalue weighted by Gasteiger charge is -2.32. The van der Waals surface area contributed by atoms with Crippen LogP contribution in [0.1, 0.15) is 29.5 Å². The van der Waals surface area contributed by atoms with Crippen molar-refractivity contribution in [3.63, 3.8) is 0 Å². The van der Waals surface area contributed by atoms with Crippen LogP contribution in [0, 0.1) is 10.0 Å². The molecule has 1 aromatic heterocycles. The van der Waals surface area contributed by atoms with Crippen molar-refractivity contribution < 1.29 is 4.74 Å². The molecule has 3 rings (SSSR count). The summed E-state index contributed by atoms with van der Waals surface area (Å²) >= 11 is 5.43. The summed E-state index contributed by atoms with van der Waals surface area (Å²) < 4.78 is 6.13. The standard InChI is InChI=1S/C14H19N3OS/c15-9-12-10-3-1-2-4-11(10)13(16-14(12)19)17-5-7-18-8-6-17/h9,15H,1-8H2,(H,16,19). The molecular weight excluding hydrogens is 258 g/mol. The Bertz CT molecular complexity index is 546. The Morgan fingerprint density at radius 1 is 1.16 bits per heavy atom.